The SMILES string of the molecule is Cc1cc(N)cnc1Sc1nc2ccccc2o1. The molecule has 0 aliphatic heterocycles. The van der Waals surface area contributed by atoms with Crippen LogP contribution in [0.2, 0.25) is 0 Å². The summed E-state index contributed by atoms with van der Waals surface area (Å²) in [6.07, 6.45) is 1.64. The molecular formula is C13H11N3OS. The Hall–Kier alpha value is -2.01. The van der Waals surface area contributed by atoms with Crippen molar-refractivity contribution in [2.75, 3.05) is 5.73 Å². The third-order valence-electron chi connectivity index (χ3n) is 2.51. The summed E-state index contributed by atoms with van der Waals surface area (Å²) in [7, 11) is 0. The van der Waals surface area contributed by atoms with Gasteiger partial charge >= 0.3 is 0 Å². The first kappa shape index (κ1) is 11.1. The molecule has 5 heteroatoms. The lowest BCUT2D eigenvalue weighted by atomic mass is 10.3. The minimum absolute atomic E-state index is 0.594. The Morgan fingerprint density at radius 3 is 2.89 bits per heavy atom. The molecule has 3 aromatic rings. The highest BCUT2D eigenvalue weighted by Gasteiger charge is 2.09. The van der Waals surface area contributed by atoms with Gasteiger partial charge in [0, 0.05) is 0 Å². The molecule has 0 atom stereocenters. The highest BCUT2D eigenvalue weighted by molar-refractivity contribution is 7.99. The summed E-state index contributed by atoms with van der Waals surface area (Å²) in [6.45, 7) is 1.97. The summed E-state index contributed by atoms with van der Waals surface area (Å²) in [5.74, 6) is 0. The third kappa shape index (κ3) is 2.04. The molecule has 0 saturated carbocycles. The summed E-state index contributed by atoms with van der Waals surface area (Å²) < 4.78 is 5.64. The zero-order chi connectivity index (χ0) is 12.5. The van der Waals surface area contributed by atoms with Crippen molar-refractivity contribution < 1.29 is 4.42 Å². The second-order valence-electron chi connectivity index (χ2n) is 3.94. The molecule has 0 unspecified atom stereocenters. The van der Waals surface area contributed by atoms with Gasteiger partial charge in [-0.25, -0.2) is 9.97 Å². The number of nitrogens with two attached hydrogens (primary N) is 1. The van der Waals surface area contributed by atoms with Crippen LogP contribution in [0.3, 0.4) is 0 Å². The van der Waals surface area contributed by atoms with Crippen LogP contribution < -0.4 is 5.73 Å². The Labute approximate surface area is 108 Å². The van der Waals surface area contributed by atoms with Crippen LogP contribution in [-0.2, 0) is 0 Å². The summed E-state index contributed by atoms with van der Waals surface area (Å²) in [6, 6.07) is 9.57. The molecule has 0 radical (unpaired) electrons. The molecule has 2 aromatic heterocycles. The second kappa shape index (κ2) is 4.34. The van der Waals surface area contributed by atoms with E-state index in [-0.39, 0.29) is 0 Å². The molecular weight excluding hydrogens is 246 g/mol. The van der Waals surface area contributed by atoms with Gasteiger partial charge in [-0.15, -0.1) is 0 Å². The number of nitrogens with zero attached hydrogens (tertiary/aromatic N) is 2. The predicted molar refractivity (Wildman–Crippen MR) is 71.5 cm³/mol. The van der Waals surface area contributed by atoms with Crippen molar-refractivity contribution in [3.05, 3.63) is 42.1 Å². The third-order valence-corrected chi connectivity index (χ3v) is 3.48. The molecule has 3 rings (SSSR count). The maximum Gasteiger partial charge on any atom is 0.263 e. The fourth-order valence-electron chi connectivity index (χ4n) is 1.67. The van der Waals surface area contributed by atoms with E-state index in [4.69, 9.17) is 10.2 Å². The second-order valence-corrected chi connectivity index (χ2v) is 4.88. The maximum absolute atomic E-state index is 5.67. The highest BCUT2D eigenvalue weighted by atomic mass is 32.2. The van der Waals surface area contributed by atoms with Crippen LogP contribution in [0.4, 0.5) is 5.69 Å². The van der Waals surface area contributed by atoms with Crippen LogP contribution in [0.15, 0.2) is 51.2 Å². The molecule has 0 amide bonds. The summed E-state index contributed by atoms with van der Waals surface area (Å²) >= 11 is 1.40. The summed E-state index contributed by atoms with van der Waals surface area (Å²) in [5, 5.41) is 1.45. The molecule has 4 nitrogen and oxygen atoms in total. The van der Waals surface area contributed by atoms with Gasteiger partial charge < -0.3 is 10.2 Å². The molecule has 2 N–H and O–H groups in total. The van der Waals surface area contributed by atoms with Gasteiger partial charge in [-0.05, 0) is 42.4 Å². The van der Waals surface area contributed by atoms with E-state index in [1.165, 1.54) is 11.8 Å². The number of para-hydroxylation sites is 2. The largest absolute Gasteiger partial charge is 0.431 e. The first-order valence-electron chi connectivity index (χ1n) is 5.48. The van der Waals surface area contributed by atoms with Gasteiger partial charge in [-0.2, -0.15) is 0 Å². The average Bonchev–Trinajstić information content (AvgIpc) is 2.75. The standard InChI is InChI=1S/C13H11N3OS/c1-8-6-9(14)7-15-12(8)18-13-16-10-4-2-3-5-11(10)17-13/h2-7H,14H2,1H3. The van der Waals surface area contributed by atoms with Gasteiger partial charge in [-0.3, -0.25) is 0 Å². The molecule has 90 valence electrons. The molecule has 0 aliphatic carbocycles. The molecule has 0 aliphatic rings. The number of oxazole rings is 1. The number of rotatable bonds is 2. The fourth-order valence-corrected chi connectivity index (χ4v) is 2.43. The van der Waals surface area contributed by atoms with Crippen molar-refractivity contribution in [3.8, 4) is 0 Å². The van der Waals surface area contributed by atoms with Crippen LogP contribution in [0.1, 0.15) is 5.56 Å². The van der Waals surface area contributed by atoms with Crippen molar-refractivity contribution in [1.82, 2.24) is 9.97 Å². The monoisotopic (exact) mass is 257 g/mol. The number of nitrogen functional groups attached to an aromatic ring is 1. The molecule has 0 spiro atoms. The van der Waals surface area contributed by atoms with Crippen molar-refractivity contribution in [3.63, 3.8) is 0 Å². The Morgan fingerprint density at radius 1 is 1.28 bits per heavy atom. The smallest absolute Gasteiger partial charge is 0.263 e. The van der Waals surface area contributed by atoms with Crippen LogP contribution in [0.5, 0.6) is 0 Å². The predicted octanol–water partition coefficient (Wildman–Crippen LogP) is 3.26. The van der Waals surface area contributed by atoms with Crippen molar-refractivity contribution in [2.45, 2.75) is 17.2 Å². The Bertz CT molecular complexity index is 675. The van der Waals surface area contributed by atoms with E-state index in [1.54, 1.807) is 6.20 Å². The van der Waals surface area contributed by atoms with E-state index in [9.17, 15) is 0 Å². The normalized spacial score (nSPS) is 10.9. The van der Waals surface area contributed by atoms with E-state index >= 15 is 0 Å². The number of aryl methyl sites for hydroxylation is 1. The zero-order valence-corrected chi connectivity index (χ0v) is 10.6. The number of anilines is 1. The van der Waals surface area contributed by atoms with Gasteiger partial charge in [0.15, 0.2) is 5.58 Å². The lowest BCUT2D eigenvalue weighted by molar-refractivity contribution is 0.489. The Balaban J connectivity index is 1.96. The van der Waals surface area contributed by atoms with Gasteiger partial charge in [0.2, 0.25) is 0 Å². The highest BCUT2D eigenvalue weighted by Crippen LogP contribution is 2.30. The number of aromatic nitrogens is 2. The van der Waals surface area contributed by atoms with Crippen LogP contribution in [0, 0.1) is 6.92 Å². The zero-order valence-electron chi connectivity index (χ0n) is 9.75. The molecule has 0 saturated heterocycles. The topological polar surface area (TPSA) is 64.9 Å². The van der Waals surface area contributed by atoms with E-state index in [1.807, 2.05) is 37.3 Å². The van der Waals surface area contributed by atoms with E-state index in [2.05, 4.69) is 9.97 Å². The van der Waals surface area contributed by atoms with Gasteiger partial charge in [-0.1, -0.05) is 12.1 Å². The summed E-state index contributed by atoms with van der Waals surface area (Å²) in [4.78, 5) is 8.68. The van der Waals surface area contributed by atoms with E-state index < -0.39 is 0 Å². The number of fused-ring (bicyclic) bond motifs is 1. The maximum atomic E-state index is 5.67. The quantitative estimate of drug-likeness (QED) is 0.763. The summed E-state index contributed by atoms with van der Waals surface area (Å²) in [5.41, 5.74) is 8.99. The lowest BCUT2D eigenvalue weighted by Crippen LogP contribution is -1.90. The number of hydrogen-bond acceptors (Lipinski definition) is 5. The first-order chi connectivity index (χ1) is 8.72. The fraction of sp³-hybridized carbons (Fsp3) is 0.0769. The molecule has 0 fully saturated rings. The number of benzene rings is 1. The minimum Gasteiger partial charge on any atom is -0.431 e. The van der Waals surface area contributed by atoms with E-state index in [0.29, 0.717) is 10.9 Å². The number of hydrogen-bond donors (Lipinski definition) is 1. The lowest BCUT2D eigenvalue weighted by Gasteiger charge is -2.01. The first-order valence-corrected chi connectivity index (χ1v) is 6.29. The van der Waals surface area contributed by atoms with Crippen molar-refractivity contribution in [2.24, 2.45) is 0 Å². The van der Waals surface area contributed by atoms with Crippen LogP contribution in [0.25, 0.3) is 11.1 Å². The van der Waals surface area contributed by atoms with Gasteiger partial charge in [0.1, 0.15) is 10.5 Å². The van der Waals surface area contributed by atoms with Crippen LogP contribution in [-0.4, -0.2) is 9.97 Å². The Kier molecular flexibility index (Phi) is 2.68. The van der Waals surface area contributed by atoms with Gasteiger partial charge in [0.05, 0.1) is 11.9 Å². The average molecular weight is 257 g/mol. The minimum atomic E-state index is 0.594. The van der Waals surface area contributed by atoms with Gasteiger partial charge in [0.25, 0.3) is 5.22 Å². The molecule has 0 bridgehead atoms. The van der Waals surface area contributed by atoms with Crippen molar-refractivity contribution in [1.29, 1.82) is 0 Å². The Morgan fingerprint density at radius 2 is 2.11 bits per heavy atom. The molecule has 18 heavy (non-hydrogen) atoms. The van der Waals surface area contributed by atoms with E-state index in [0.717, 1.165) is 21.7 Å². The number of pyridine rings is 1. The van der Waals surface area contributed by atoms with Crippen LogP contribution >= 0.6 is 11.8 Å². The molecule has 1 aromatic carbocycles. The van der Waals surface area contributed by atoms with Crippen molar-refractivity contribution >= 4 is 28.5 Å². The molecule has 2 heterocycles.